The molecule has 21 heavy (non-hydrogen) atoms. The molecule has 0 unspecified atom stereocenters. The lowest BCUT2D eigenvalue weighted by molar-refractivity contribution is -0.119. The Morgan fingerprint density at radius 3 is 2.81 bits per heavy atom. The molecule has 2 rings (SSSR count). The van der Waals surface area contributed by atoms with E-state index in [2.05, 4.69) is 21.2 Å². The van der Waals surface area contributed by atoms with Crippen molar-refractivity contribution in [3.05, 3.63) is 28.2 Å². The number of carbonyl (C=O) groups is 1. The summed E-state index contributed by atoms with van der Waals surface area (Å²) in [5.41, 5.74) is 7.08. The number of anilines is 1. The Morgan fingerprint density at radius 1 is 1.52 bits per heavy atom. The number of ether oxygens (including phenoxy) is 1. The molecule has 4 nitrogen and oxygen atoms in total. The molecule has 6 heteroatoms. The van der Waals surface area contributed by atoms with Gasteiger partial charge in [-0.2, -0.15) is 0 Å². The van der Waals surface area contributed by atoms with Crippen molar-refractivity contribution in [3.8, 4) is 0 Å². The highest BCUT2D eigenvalue weighted by molar-refractivity contribution is 9.10. The van der Waals surface area contributed by atoms with E-state index in [0.29, 0.717) is 23.4 Å². The fourth-order valence-electron chi connectivity index (χ4n) is 2.45. The molecule has 1 aromatic rings. The average molecular weight is 371 g/mol. The van der Waals surface area contributed by atoms with Crippen LogP contribution in [0.25, 0.3) is 0 Å². The van der Waals surface area contributed by atoms with Crippen LogP contribution in [0, 0.1) is 5.92 Å². The molecule has 1 aliphatic rings. The van der Waals surface area contributed by atoms with Gasteiger partial charge in [-0.1, -0.05) is 12.2 Å². The number of hydrogen-bond donors (Lipinski definition) is 2. The van der Waals surface area contributed by atoms with Crippen LogP contribution in [0.3, 0.4) is 0 Å². The van der Waals surface area contributed by atoms with Gasteiger partial charge in [0.1, 0.15) is 4.99 Å². The molecule has 0 saturated heterocycles. The van der Waals surface area contributed by atoms with Crippen molar-refractivity contribution in [2.45, 2.75) is 32.3 Å². The maximum Gasteiger partial charge on any atom is 0.224 e. The molecule has 1 saturated carbocycles. The maximum atomic E-state index is 12.0. The van der Waals surface area contributed by atoms with Gasteiger partial charge in [0.15, 0.2) is 0 Å². The molecule has 0 atom stereocenters. The van der Waals surface area contributed by atoms with Crippen molar-refractivity contribution in [1.29, 1.82) is 0 Å². The third-order valence-electron chi connectivity index (χ3n) is 3.60. The Balaban J connectivity index is 1.85. The monoisotopic (exact) mass is 370 g/mol. The SMILES string of the molecule is CCOC1CC(CC(=O)Nc2ccc(C(N)=S)cc2Br)C1. The maximum absolute atomic E-state index is 12.0. The van der Waals surface area contributed by atoms with Gasteiger partial charge in [-0.05, 0) is 59.8 Å². The zero-order chi connectivity index (χ0) is 15.4. The summed E-state index contributed by atoms with van der Waals surface area (Å²) in [4.78, 5) is 12.4. The van der Waals surface area contributed by atoms with E-state index in [1.165, 1.54) is 0 Å². The highest BCUT2D eigenvalue weighted by Crippen LogP contribution is 2.33. The van der Waals surface area contributed by atoms with Gasteiger partial charge < -0.3 is 15.8 Å². The first-order valence-electron chi connectivity index (χ1n) is 7.00. The van der Waals surface area contributed by atoms with E-state index in [1.807, 2.05) is 13.0 Å². The normalized spacial score (nSPS) is 20.7. The number of hydrogen-bond acceptors (Lipinski definition) is 3. The second kappa shape index (κ2) is 7.33. The highest BCUT2D eigenvalue weighted by atomic mass is 79.9. The Hall–Kier alpha value is -0.980. The third-order valence-corrected chi connectivity index (χ3v) is 4.49. The van der Waals surface area contributed by atoms with E-state index in [4.69, 9.17) is 22.7 Å². The summed E-state index contributed by atoms with van der Waals surface area (Å²) >= 11 is 8.34. The van der Waals surface area contributed by atoms with Crippen molar-refractivity contribution in [2.24, 2.45) is 11.7 Å². The van der Waals surface area contributed by atoms with Gasteiger partial charge in [0.25, 0.3) is 0 Å². The molecule has 0 aromatic heterocycles. The largest absolute Gasteiger partial charge is 0.389 e. The lowest BCUT2D eigenvalue weighted by Gasteiger charge is -2.34. The van der Waals surface area contributed by atoms with Crippen LogP contribution in [0.15, 0.2) is 22.7 Å². The number of carbonyl (C=O) groups excluding carboxylic acids is 1. The number of nitrogens with one attached hydrogen (secondary N) is 1. The van der Waals surface area contributed by atoms with E-state index >= 15 is 0 Å². The molecule has 0 radical (unpaired) electrons. The molecule has 1 fully saturated rings. The van der Waals surface area contributed by atoms with Gasteiger partial charge in [-0.3, -0.25) is 4.79 Å². The highest BCUT2D eigenvalue weighted by Gasteiger charge is 2.31. The quantitative estimate of drug-likeness (QED) is 0.754. The van der Waals surface area contributed by atoms with Crippen LogP contribution in [0.4, 0.5) is 5.69 Å². The summed E-state index contributed by atoms with van der Waals surface area (Å²) in [6.45, 7) is 2.74. The van der Waals surface area contributed by atoms with Crippen molar-refractivity contribution in [1.82, 2.24) is 0 Å². The Labute approximate surface area is 138 Å². The van der Waals surface area contributed by atoms with Crippen LogP contribution in [0.2, 0.25) is 0 Å². The summed E-state index contributed by atoms with van der Waals surface area (Å²) in [6, 6.07) is 5.42. The van der Waals surface area contributed by atoms with E-state index in [0.717, 1.165) is 35.2 Å². The first kappa shape index (κ1) is 16.4. The Kier molecular flexibility index (Phi) is 5.72. The summed E-state index contributed by atoms with van der Waals surface area (Å²) in [5, 5.41) is 2.91. The predicted octanol–water partition coefficient (Wildman–Crippen LogP) is 3.23. The van der Waals surface area contributed by atoms with Crippen molar-refractivity contribution < 1.29 is 9.53 Å². The molecular weight excluding hydrogens is 352 g/mol. The molecule has 1 amide bonds. The van der Waals surface area contributed by atoms with Crippen molar-refractivity contribution in [3.63, 3.8) is 0 Å². The number of thiocarbonyl (C=S) groups is 1. The standard InChI is InChI=1S/C15H19BrN2O2S/c1-2-20-11-5-9(6-11)7-14(19)18-13-4-3-10(15(17)21)8-12(13)16/h3-4,8-9,11H,2,5-7H2,1H3,(H2,17,21)(H,18,19). The van der Waals surface area contributed by atoms with Crippen LogP contribution in [0.5, 0.6) is 0 Å². The van der Waals surface area contributed by atoms with Crippen molar-refractivity contribution >= 4 is 44.7 Å². The van der Waals surface area contributed by atoms with E-state index < -0.39 is 0 Å². The van der Waals surface area contributed by atoms with E-state index in [-0.39, 0.29) is 5.91 Å². The minimum atomic E-state index is 0.0266. The lowest BCUT2D eigenvalue weighted by atomic mass is 9.80. The molecule has 0 spiro atoms. The van der Waals surface area contributed by atoms with Crippen LogP contribution >= 0.6 is 28.1 Å². The first-order valence-corrected chi connectivity index (χ1v) is 8.20. The summed E-state index contributed by atoms with van der Waals surface area (Å²) in [6.07, 6.45) is 2.82. The number of amides is 1. The van der Waals surface area contributed by atoms with Gasteiger partial charge in [0, 0.05) is 23.1 Å². The van der Waals surface area contributed by atoms with Crippen LogP contribution in [0.1, 0.15) is 31.7 Å². The summed E-state index contributed by atoms with van der Waals surface area (Å²) in [7, 11) is 0. The molecule has 3 N–H and O–H groups in total. The third kappa shape index (κ3) is 4.49. The smallest absolute Gasteiger partial charge is 0.224 e. The average Bonchev–Trinajstić information content (AvgIpc) is 2.38. The fourth-order valence-corrected chi connectivity index (χ4v) is 3.05. The zero-order valence-electron chi connectivity index (χ0n) is 11.9. The topological polar surface area (TPSA) is 64.3 Å². The minimum Gasteiger partial charge on any atom is -0.389 e. The number of rotatable bonds is 6. The van der Waals surface area contributed by atoms with Gasteiger partial charge in [0.05, 0.1) is 11.8 Å². The van der Waals surface area contributed by atoms with Gasteiger partial charge in [-0.15, -0.1) is 0 Å². The molecule has 0 aliphatic heterocycles. The van der Waals surface area contributed by atoms with Crippen LogP contribution in [-0.2, 0) is 9.53 Å². The lowest BCUT2D eigenvalue weighted by Crippen LogP contribution is -2.33. The Morgan fingerprint density at radius 2 is 2.24 bits per heavy atom. The fraction of sp³-hybridized carbons (Fsp3) is 0.467. The summed E-state index contributed by atoms with van der Waals surface area (Å²) in [5.74, 6) is 0.454. The second-order valence-corrected chi connectivity index (χ2v) is 6.52. The minimum absolute atomic E-state index is 0.0266. The van der Waals surface area contributed by atoms with Crippen molar-refractivity contribution in [2.75, 3.05) is 11.9 Å². The van der Waals surface area contributed by atoms with Gasteiger partial charge >= 0.3 is 0 Å². The van der Waals surface area contributed by atoms with Crippen LogP contribution in [-0.4, -0.2) is 23.6 Å². The van der Waals surface area contributed by atoms with Crippen LogP contribution < -0.4 is 11.1 Å². The molecular formula is C15H19BrN2O2S. The van der Waals surface area contributed by atoms with Gasteiger partial charge in [-0.25, -0.2) is 0 Å². The molecule has 114 valence electrons. The zero-order valence-corrected chi connectivity index (χ0v) is 14.3. The number of benzene rings is 1. The number of nitrogens with two attached hydrogens (primary N) is 1. The molecule has 0 bridgehead atoms. The second-order valence-electron chi connectivity index (χ2n) is 5.23. The Bertz CT molecular complexity index is 544. The molecule has 1 aliphatic carbocycles. The van der Waals surface area contributed by atoms with E-state index in [1.54, 1.807) is 12.1 Å². The van der Waals surface area contributed by atoms with E-state index in [9.17, 15) is 4.79 Å². The predicted molar refractivity (Wildman–Crippen MR) is 91.4 cm³/mol. The molecule has 0 heterocycles. The number of halogens is 1. The van der Waals surface area contributed by atoms with Gasteiger partial charge in [0.2, 0.25) is 5.91 Å². The summed E-state index contributed by atoms with van der Waals surface area (Å²) < 4.78 is 6.28. The molecule has 1 aromatic carbocycles. The first-order chi connectivity index (χ1) is 9.99.